The van der Waals surface area contributed by atoms with Gasteiger partial charge in [0.05, 0.1) is 5.69 Å². The predicted molar refractivity (Wildman–Crippen MR) is 65.9 cm³/mol. The van der Waals surface area contributed by atoms with Crippen molar-refractivity contribution in [2.75, 3.05) is 19.6 Å². The molecule has 2 heterocycles. The summed E-state index contributed by atoms with van der Waals surface area (Å²) in [4.78, 5) is 4.06. The lowest BCUT2D eigenvalue weighted by Gasteiger charge is -2.30. The van der Waals surface area contributed by atoms with Gasteiger partial charge in [-0.15, -0.1) is 0 Å². The molecule has 1 N–H and O–H groups in total. The first-order valence-electron chi connectivity index (χ1n) is 5.69. The molecule has 1 fully saturated rings. The molecule has 5 nitrogen and oxygen atoms in total. The number of pyridine rings is 1. The lowest BCUT2D eigenvalue weighted by molar-refractivity contribution is 0.310. The van der Waals surface area contributed by atoms with E-state index in [4.69, 9.17) is 0 Å². The number of nitrogens with one attached hydrogen (secondary N) is 1. The van der Waals surface area contributed by atoms with Crippen molar-refractivity contribution in [2.24, 2.45) is 0 Å². The molecule has 0 spiro atoms. The maximum Gasteiger partial charge on any atom is 0.219 e. The Hall–Kier alpha value is -0.980. The quantitative estimate of drug-likeness (QED) is 0.838. The Labute approximate surface area is 102 Å². The second-order valence-electron chi connectivity index (χ2n) is 4.29. The van der Waals surface area contributed by atoms with Crippen LogP contribution in [0.2, 0.25) is 0 Å². The zero-order valence-electron chi connectivity index (χ0n) is 9.83. The Kier molecular flexibility index (Phi) is 3.76. The molecule has 1 aliphatic rings. The minimum Gasteiger partial charge on any atom is -0.312 e. The Balaban J connectivity index is 2.08. The molecule has 0 amide bonds. The second-order valence-corrected chi connectivity index (χ2v) is 6.26. The van der Waals surface area contributed by atoms with Crippen molar-refractivity contribution in [3.63, 3.8) is 0 Å². The fourth-order valence-corrected chi connectivity index (χ4v) is 3.46. The van der Waals surface area contributed by atoms with Crippen molar-refractivity contribution in [3.8, 4) is 0 Å². The van der Waals surface area contributed by atoms with E-state index >= 15 is 0 Å². The van der Waals surface area contributed by atoms with Crippen LogP contribution in [0.25, 0.3) is 0 Å². The van der Waals surface area contributed by atoms with Crippen LogP contribution < -0.4 is 5.32 Å². The van der Waals surface area contributed by atoms with Gasteiger partial charge in [0.25, 0.3) is 0 Å². The summed E-state index contributed by atoms with van der Waals surface area (Å²) in [6.45, 7) is 3.78. The van der Waals surface area contributed by atoms with E-state index in [-0.39, 0.29) is 11.8 Å². The van der Waals surface area contributed by atoms with Crippen molar-refractivity contribution in [1.29, 1.82) is 0 Å². The van der Waals surface area contributed by atoms with Gasteiger partial charge in [-0.25, -0.2) is 8.42 Å². The first-order chi connectivity index (χ1) is 8.08. The van der Waals surface area contributed by atoms with Crippen molar-refractivity contribution in [3.05, 3.63) is 30.1 Å². The van der Waals surface area contributed by atoms with Gasteiger partial charge in [-0.05, 0) is 19.1 Å². The molecular formula is C11H17N3O2S. The molecule has 0 aliphatic carbocycles. The summed E-state index contributed by atoms with van der Waals surface area (Å²) in [6, 6.07) is 5.53. The molecule has 0 aromatic carbocycles. The number of aromatic nitrogens is 1. The number of rotatable bonds is 3. The number of nitrogens with zero attached hydrogens (tertiary/aromatic N) is 2. The van der Waals surface area contributed by atoms with E-state index in [1.807, 2.05) is 6.92 Å². The van der Waals surface area contributed by atoms with E-state index in [9.17, 15) is 8.42 Å². The summed E-state index contributed by atoms with van der Waals surface area (Å²) < 4.78 is 25.9. The van der Waals surface area contributed by atoms with E-state index in [1.54, 1.807) is 28.7 Å². The van der Waals surface area contributed by atoms with Gasteiger partial charge < -0.3 is 5.32 Å². The van der Waals surface area contributed by atoms with Crippen LogP contribution in [0, 0.1) is 0 Å². The summed E-state index contributed by atoms with van der Waals surface area (Å²) in [5, 5.41) is 3.23. The van der Waals surface area contributed by atoms with Crippen LogP contribution in [0.4, 0.5) is 0 Å². The Morgan fingerprint density at radius 1 is 1.53 bits per heavy atom. The van der Waals surface area contributed by atoms with Gasteiger partial charge >= 0.3 is 0 Å². The van der Waals surface area contributed by atoms with Gasteiger partial charge in [0, 0.05) is 31.9 Å². The SMILES string of the molecule is CC1CN(S(=O)(=O)Cc2ccccn2)CCN1. The maximum absolute atomic E-state index is 12.2. The molecule has 1 aromatic rings. The largest absolute Gasteiger partial charge is 0.312 e. The third-order valence-corrected chi connectivity index (χ3v) is 4.56. The highest BCUT2D eigenvalue weighted by atomic mass is 32.2. The van der Waals surface area contributed by atoms with Crippen LogP contribution >= 0.6 is 0 Å². The van der Waals surface area contributed by atoms with Gasteiger partial charge in [-0.3, -0.25) is 4.98 Å². The van der Waals surface area contributed by atoms with E-state index in [1.165, 1.54) is 0 Å². The van der Waals surface area contributed by atoms with Gasteiger partial charge in [0.2, 0.25) is 10.0 Å². The highest BCUT2D eigenvalue weighted by Crippen LogP contribution is 2.11. The lowest BCUT2D eigenvalue weighted by atomic mass is 10.3. The molecule has 6 heteroatoms. The summed E-state index contributed by atoms with van der Waals surface area (Å²) >= 11 is 0. The maximum atomic E-state index is 12.2. The van der Waals surface area contributed by atoms with Crippen molar-refractivity contribution < 1.29 is 8.42 Å². The van der Waals surface area contributed by atoms with Crippen molar-refractivity contribution >= 4 is 10.0 Å². The van der Waals surface area contributed by atoms with E-state index in [2.05, 4.69) is 10.3 Å². The lowest BCUT2D eigenvalue weighted by Crippen LogP contribution is -2.51. The zero-order chi connectivity index (χ0) is 12.3. The predicted octanol–water partition coefficient (Wildman–Crippen LogP) is 0.205. The van der Waals surface area contributed by atoms with Crippen LogP contribution in [-0.4, -0.2) is 43.4 Å². The van der Waals surface area contributed by atoms with Crippen molar-refractivity contribution in [2.45, 2.75) is 18.7 Å². The Morgan fingerprint density at radius 2 is 2.35 bits per heavy atom. The highest BCUT2D eigenvalue weighted by molar-refractivity contribution is 7.88. The minimum atomic E-state index is -3.24. The van der Waals surface area contributed by atoms with Gasteiger partial charge in [0.15, 0.2) is 0 Å². The minimum absolute atomic E-state index is 0.0133. The molecule has 1 saturated heterocycles. The standard InChI is InChI=1S/C11H17N3O2S/c1-10-8-14(7-6-12-10)17(15,16)9-11-4-2-3-5-13-11/h2-5,10,12H,6-9H2,1H3. The molecule has 94 valence electrons. The zero-order valence-corrected chi connectivity index (χ0v) is 10.7. The highest BCUT2D eigenvalue weighted by Gasteiger charge is 2.27. The van der Waals surface area contributed by atoms with E-state index < -0.39 is 10.0 Å². The fourth-order valence-electron chi connectivity index (χ4n) is 1.91. The van der Waals surface area contributed by atoms with Gasteiger partial charge in [0.1, 0.15) is 5.75 Å². The number of piperazine rings is 1. The van der Waals surface area contributed by atoms with E-state index in [0.717, 1.165) is 0 Å². The Bertz CT molecular complexity index is 461. The Morgan fingerprint density at radius 3 is 3.00 bits per heavy atom. The van der Waals surface area contributed by atoms with Crippen LogP contribution in [0.5, 0.6) is 0 Å². The summed E-state index contributed by atoms with van der Waals surface area (Å²) in [6.07, 6.45) is 1.62. The monoisotopic (exact) mass is 255 g/mol. The second kappa shape index (κ2) is 5.12. The third-order valence-electron chi connectivity index (χ3n) is 2.78. The van der Waals surface area contributed by atoms with Crippen LogP contribution in [0.3, 0.4) is 0 Å². The summed E-state index contributed by atoms with van der Waals surface area (Å²) in [5.41, 5.74) is 0.596. The number of sulfonamides is 1. The average Bonchev–Trinajstić information content (AvgIpc) is 2.30. The number of hydrogen-bond donors (Lipinski definition) is 1. The normalized spacial score (nSPS) is 22.5. The van der Waals surface area contributed by atoms with Gasteiger partial charge in [-0.2, -0.15) is 4.31 Å². The first-order valence-corrected chi connectivity index (χ1v) is 7.30. The van der Waals surface area contributed by atoms with Crippen LogP contribution in [-0.2, 0) is 15.8 Å². The molecule has 1 aromatic heterocycles. The molecule has 17 heavy (non-hydrogen) atoms. The first kappa shape index (κ1) is 12.5. The number of hydrogen-bond acceptors (Lipinski definition) is 4. The van der Waals surface area contributed by atoms with Crippen LogP contribution in [0.1, 0.15) is 12.6 Å². The summed E-state index contributed by atoms with van der Waals surface area (Å²) in [7, 11) is -3.24. The third kappa shape index (κ3) is 3.24. The van der Waals surface area contributed by atoms with Crippen LogP contribution in [0.15, 0.2) is 24.4 Å². The fraction of sp³-hybridized carbons (Fsp3) is 0.545. The smallest absolute Gasteiger partial charge is 0.219 e. The molecule has 0 radical (unpaired) electrons. The molecule has 0 bridgehead atoms. The molecule has 1 aliphatic heterocycles. The molecule has 1 atom stereocenters. The molecule has 1 unspecified atom stereocenters. The molecule has 0 saturated carbocycles. The van der Waals surface area contributed by atoms with Gasteiger partial charge in [-0.1, -0.05) is 6.07 Å². The topological polar surface area (TPSA) is 62.3 Å². The average molecular weight is 255 g/mol. The molecular weight excluding hydrogens is 238 g/mol. The van der Waals surface area contributed by atoms with Crippen molar-refractivity contribution in [1.82, 2.24) is 14.6 Å². The molecule has 2 rings (SSSR count). The van der Waals surface area contributed by atoms with E-state index in [0.29, 0.717) is 25.3 Å². The summed E-state index contributed by atoms with van der Waals surface area (Å²) in [5.74, 6) is -0.0133.